The highest BCUT2D eigenvalue weighted by Gasteiger charge is 2.44. The fourth-order valence-corrected chi connectivity index (χ4v) is 3.52. The number of rotatable bonds is 5. The lowest BCUT2D eigenvalue weighted by Gasteiger charge is -2.27. The van der Waals surface area contributed by atoms with Crippen molar-refractivity contribution >= 4 is 17.6 Å². The van der Waals surface area contributed by atoms with E-state index in [0.29, 0.717) is 0 Å². The van der Waals surface area contributed by atoms with Crippen LogP contribution in [0, 0.1) is 6.92 Å². The zero-order valence-electron chi connectivity index (χ0n) is 14.5. The number of nitrogens with one attached hydrogen (secondary N) is 1. The number of carbonyl (C=O) groups is 2. The van der Waals surface area contributed by atoms with Gasteiger partial charge in [0.25, 0.3) is 5.91 Å². The first kappa shape index (κ1) is 17.2. The maximum Gasteiger partial charge on any atom is 0.317 e. The first-order chi connectivity index (χ1) is 12.1. The topological polar surface area (TPSA) is 55.4 Å². The van der Waals surface area contributed by atoms with E-state index < -0.39 is 5.41 Å². The summed E-state index contributed by atoms with van der Waals surface area (Å²) < 4.78 is 5.41. The van der Waals surface area contributed by atoms with Gasteiger partial charge in [-0.1, -0.05) is 61.4 Å². The van der Waals surface area contributed by atoms with Crippen LogP contribution in [-0.4, -0.2) is 18.5 Å². The average Bonchev–Trinajstić information content (AvgIpc) is 3.13. The molecule has 1 aliphatic rings. The lowest BCUT2D eigenvalue weighted by Crippen LogP contribution is -2.36. The molecule has 0 aromatic heterocycles. The average molecular weight is 337 g/mol. The van der Waals surface area contributed by atoms with Crippen LogP contribution in [0.25, 0.3) is 0 Å². The maximum atomic E-state index is 12.8. The third kappa shape index (κ3) is 3.73. The number of para-hydroxylation sites is 1. The Kier molecular flexibility index (Phi) is 5.17. The molecule has 0 bridgehead atoms. The Morgan fingerprint density at radius 1 is 1.00 bits per heavy atom. The summed E-state index contributed by atoms with van der Waals surface area (Å²) in [6.07, 6.45) is 3.54. The molecule has 3 rings (SSSR count). The van der Waals surface area contributed by atoms with E-state index in [9.17, 15) is 9.59 Å². The first-order valence-corrected chi connectivity index (χ1v) is 8.70. The van der Waals surface area contributed by atoms with Crippen molar-refractivity contribution in [2.24, 2.45) is 0 Å². The van der Waals surface area contributed by atoms with Gasteiger partial charge in [0.1, 0.15) is 0 Å². The maximum absolute atomic E-state index is 12.8. The zero-order chi connectivity index (χ0) is 17.7. The van der Waals surface area contributed by atoms with E-state index in [4.69, 9.17) is 4.74 Å². The summed E-state index contributed by atoms with van der Waals surface area (Å²) in [5.74, 6) is -0.611. The van der Waals surface area contributed by atoms with Gasteiger partial charge in [0, 0.05) is 5.69 Å². The summed E-state index contributed by atoms with van der Waals surface area (Å²) in [7, 11) is 0. The van der Waals surface area contributed by atoms with E-state index in [0.717, 1.165) is 42.5 Å². The number of amides is 1. The number of esters is 1. The largest absolute Gasteiger partial charge is 0.455 e. The molecule has 0 spiro atoms. The number of carbonyl (C=O) groups excluding carboxylic acids is 2. The van der Waals surface area contributed by atoms with Crippen LogP contribution < -0.4 is 5.32 Å². The van der Waals surface area contributed by atoms with E-state index >= 15 is 0 Å². The van der Waals surface area contributed by atoms with Crippen molar-refractivity contribution in [2.75, 3.05) is 11.9 Å². The highest BCUT2D eigenvalue weighted by atomic mass is 16.5. The SMILES string of the molecule is Cc1ccccc1NC(=O)COC(=O)C1(c2ccccc2)CCCC1. The second-order valence-corrected chi connectivity index (χ2v) is 6.59. The molecule has 4 heteroatoms. The predicted octanol–water partition coefficient (Wildman–Crippen LogP) is 3.99. The lowest BCUT2D eigenvalue weighted by molar-refractivity contribution is -0.153. The Morgan fingerprint density at radius 3 is 2.32 bits per heavy atom. The molecule has 0 aliphatic heterocycles. The second-order valence-electron chi connectivity index (χ2n) is 6.59. The minimum Gasteiger partial charge on any atom is -0.455 e. The van der Waals surface area contributed by atoms with Gasteiger partial charge in [-0.3, -0.25) is 9.59 Å². The molecule has 1 fully saturated rings. The van der Waals surface area contributed by atoms with Crippen molar-refractivity contribution in [3.05, 3.63) is 65.7 Å². The highest BCUT2D eigenvalue weighted by Crippen LogP contribution is 2.42. The fourth-order valence-electron chi connectivity index (χ4n) is 3.52. The molecule has 0 saturated heterocycles. The molecule has 0 heterocycles. The number of hydrogen-bond acceptors (Lipinski definition) is 3. The Labute approximate surface area is 148 Å². The van der Waals surface area contributed by atoms with Crippen molar-refractivity contribution < 1.29 is 14.3 Å². The van der Waals surface area contributed by atoms with Crippen LogP contribution in [0.2, 0.25) is 0 Å². The van der Waals surface area contributed by atoms with Gasteiger partial charge < -0.3 is 10.1 Å². The smallest absolute Gasteiger partial charge is 0.317 e. The molecule has 25 heavy (non-hydrogen) atoms. The predicted molar refractivity (Wildman–Crippen MR) is 97.4 cm³/mol. The molecular formula is C21H23NO3. The first-order valence-electron chi connectivity index (χ1n) is 8.70. The van der Waals surface area contributed by atoms with Gasteiger partial charge in [0.05, 0.1) is 5.41 Å². The molecule has 1 N–H and O–H groups in total. The molecule has 4 nitrogen and oxygen atoms in total. The van der Waals surface area contributed by atoms with Crippen molar-refractivity contribution in [1.82, 2.24) is 0 Å². The van der Waals surface area contributed by atoms with Crippen molar-refractivity contribution in [3.63, 3.8) is 0 Å². The molecule has 1 saturated carbocycles. The summed E-state index contributed by atoms with van der Waals surface area (Å²) in [6.45, 7) is 1.66. The van der Waals surface area contributed by atoms with Gasteiger partial charge >= 0.3 is 5.97 Å². The van der Waals surface area contributed by atoms with Gasteiger partial charge in [-0.05, 0) is 37.0 Å². The van der Waals surface area contributed by atoms with Gasteiger partial charge in [-0.25, -0.2) is 0 Å². The molecule has 1 aliphatic carbocycles. The molecule has 0 atom stereocenters. The number of ether oxygens (including phenoxy) is 1. The van der Waals surface area contributed by atoms with E-state index in [2.05, 4.69) is 5.32 Å². The molecule has 130 valence electrons. The molecule has 0 radical (unpaired) electrons. The van der Waals surface area contributed by atoms with E-state index in [1.807, 2.05) is 61.5 Å². The minimum absolute atomic E-state index is 0.262. The second kappa shape index (κ2) is 7.51. The van der Waals surface area contributed by atoms with Crippen LogP contribution in [0.1, 0.15) is 36.8 Å². The fraction of sp³-hybridized carbons (Fsp3) is 0.333. The van der Waals surface area contributed by atoms with Crippen molar-refractivity contribution in [2.45, 2.75) is 38.0 Å². The zero-order valence-corrected chi connectivity index (χ0v) is 14.5. The van der Waals surface area contributed by atoms with Crippen LogP contribution in [0.3, 0.4) is 0 Å². The summed E-state index contributed by atoms with van der Waals surface area (Å²) in [6, 6.07) is 17.3. The number of anilines is 1. The Morgan fingerprint density at radius 2 is 1.64 bits per heavy atom. The minimum atomic E-state index is -0.607. The lowest BCUT2D eigenvalue weighted by atomic mass is 9.79. The number of hydrogen-bond donors (Lipinski definition) is 1. The highest BCUT2D eigenvalue weighted by molar-refractivity contribution is 5.94. The molecule has 1 amide bonds. The van der Waals surface area contributed by atoms with Gasteiger partial charge in [0.2, 0.25) is 0 Å². The third-order valence-corrected chi connectivity index (χ3v) is 4.93. The monoisotopic (exact) mass is 337 g/mol. The van der Waals surface area contributed by atoms with Crippen LogP contribution in [-0.2, 0) is 19.7 Å². The quantitative estimate of drug-likeness (QED) is 0.839. The Hall–Kier alpha value is -2.62. The van der Waals surface area contributed by atoms with Crippen LogP contribution in [0.5, 0.6) is 0 Å². The van der Waals surface area contributed by atoms with Crippen LogP contribution in [0.15, 0.2) is 54.6 Å². The van der Waals surface area contributed by atoms with E-state index in [1.54, 1.807) is 0 Å². The molecule has 2 aromatic rings. The van der Waals surface area contributed by atoms with Gasteiger partial charge in [-0.15, -0.1) is 0 Å². The van der Waals surface area contributed by atoms with E-state index in [1.165, 1.54) is 0 Å². The Balaban J connectivity index is 1.65. The summed E-state index contributed by atoms with van der Waals surface area (Å²) >= 11 is 0. The number of benzene rings is 2. The van der Waals surface area contributed by atoms with Gasteiger partial charge in [-0.2, -0.15) is 0 Å². The van der Waals surface area contributed by atoms with Crippen LogP contribution >= 0.6 is 0 Å². The normalized spacial score (nSPS) is 15.6. The van der Waals surface area contributed by atoms with Crippen molar-refractivity contribution in [3.8, 4) is 0 Å². The Bertz CT molecular complexity index is 749. The van der Waals surface area contributed by atoms with Gasteiger partial charge in [0.15, 0.2) is 6.61 Å². The summed E-state index contributed by atoms with van der Waals surface area (Å²) in [5, 5.41) is 2.79. The molecule has 0 unspecified atom stereocenters. The molecular weight excluding hydrogens is 314 g/mol. The third-order valence-electron chi connectivity index (χ3n) is 4.93. The van der Waals surface area contributed by atoms with Crippen molar-refractivity contribution in [1.29, 1.82) is 0 Å². The standard InChI is InChI=1S/C21H23NO3/c1-16-9-5-6-12-18(16)22-19(23)15-25-20(24)21(13-7-8-14-21)17-10-3-2-4-11-17/h2-6,9-12H,7-8,13-15H2,1H3,(H,22,23). The summed E-state index contributed by atoms with van der Waals surface area (Å²) in [4.78, 5) is 24.9. The summed E-state index contributed by atoms with van der Waals surface area (Å²) in [5.41, 5.74) is 2.09. The molecule has 2 aromatic carbocycles. The van der Waals surface area contributed by atoms with Crippen LogP contribution in [0.4, 0.5) is 5.69 Å². The van der Waals surface area contributed by atoms with E-state index in [-0.39, 0.29) is 18.5 Å². The number of aryl methyl sites for hydroxylation is 1.